The summed E-state index contributed by atoms with van der Waals surface area (Å²) >= 11 is 0.665. The molecule has 5 rings (SSSR count). The first-order valence-corrected chi connectivity index (χ1v) is 15.0. The molecule has 1 N–H and O–H groups in total. The molecule has 246 valence electrons. The van der Waals surface area contributed by atoms with Crippen LogP contribution in [0.4, 0.5) is 42.5 Å². The lowest BCUT2D eigenvalue weighted by molar-refractivity contribution is -0.137. The first-order valence-electron chi connectivity index (χ1n) is 14.2. The molecular formula is C30H31F5N6O4S. The fraction of sp³-hybridized carbons (Fsp3) is 0.433. The third-order valence-electron chi connectivity index (χ3n) is 6.76. The highest BCUT2D eigenvalue weighted by atomic mass is 32.1. The molecule has 0 atom stereocenters. The fourth-order valence-corrected chi connectivity index (χ4v) is 5.82. The number of amides is 2. The summed E-state index contributed by atoms with van der Waals surface area (Å²) in [6.45, 7) is 10.9. The second-order valence-electron chi connectivity index (χ2n) is 12.6. The number of fused-ring (bicyclic) bond motifs is 2. The third-order valence-corrected chi connectivity index (χ3v) is 7.74. The SMILES string of the molecule is CC(C)(C)OC(=O)Nc1nc2c(-c3c(C(F)(F)F)cc4c(N5CCN(C(=O)OC(C)(C)C)CC5)ncnc4c3F)ccc(F)c2s1. The molecule has 0 unspecified atom stereocenters. The molecule has 0 saturated carbocycles. The highest BCUT2D eigenvalue weighted by Crippen LogP contribution is 2.45. The molecule has 16 heteroatoms. The van der Waals surface area contributed by atoms with Gasteiger partial charge in [-0.05, 0) is 59.7 Å². The lowest BCUT2D eigenvalue weighted by Gasteiger charge is -2.36. The van der Waals surface area contributed by atoms with Crippen LogP contribution in [-0.2, 0) is 15.7 Å². The summed E-state index contributed by atoms with van der Waals surface area (Å²) in [4.78, 5) is 40.2. The number of nitrogens with zero attached hydrogens (tertiary/aromatic N) is 5. The summed E-state index contributed by atoms with van der Waals surface area (Å²) in [6.07, 6.45) is -5.44. The van der Waals surface area contributed by atoms with Crippen LogP contribution in [0, 0.1) is 11.6 Å². The van der Waals surface area contributed by atoms with Gasteiger partial charge in [0, 0.05) is 42.7 Å². The van der Waals surface area contributed by atoms with Gasteiger partial charge in [-0.25, -0.2) is 33.3 Å². The van der Waals surface area contributed by atoms with E-state index in [1.54, 1.807) is 46.4 Å². The standard InChI is InChI=1S/C30H31F5N6O4S/c1-28(2,3)44-26(42)39-25-38-22-15(7-8-18(31)23(22)46-25)19-17(30(33,34)35)13-16-21(20(19)32)36-14-37-24(16)40-9-11-41(12-10-40)27(43)45-29(4,5)6/h7-8,13-14H,9-12H2,1-6H3,(H,38,39,42). The zero-order chi connectivity index (χ0) is 33.8. The number of hydrogen-bond acceptors (Lipinski definition) is 9. The molecule has 2 amide bonds. The first kappa shape index (κ1) is 33.0. The van der Waals surface area contributed by atoms with E-state index in [-0.39, 0.29) is 63.8 Å². The fourth-order valence-electron chi connectivity index (χ4n) is 4.94. The van der Waals surface area contributed by atoms with Crippen molar-refractivity contribution in [1.29, 1.82) is 0 Å². The number of ether oxygens (including phenoxy) is 2. The molecule has 3 heterocycles. The van der Waals surface area contributed by atoms with Gasteiger partial charge in [-0.1, -0.05) is 11.3 Å². The van der Waals surface area contributed by atoms with E-state index in [9.17, 15) is 27.2 Å². The number of anilines is 2. The van der Waals surface area contributed by atoms with Gasteiger partial charge in [0.1, 0.15) is 34.7 Å². The Kier molecular flexibility index (Phi) is 8.47. The molecule has 1 aliphatic heterocycles. The Labute approximate surface area is 264 Å². The van der Waals surface area contributed by atoms with Crippen molar-refractivity contribution >= 4 is 55.6 Å². The number of rotatable bonds is 3. The molecule has 2 aromatic carbocycles. The van der Waals surface area contributed by atoms with Gasteiger partial charge in [-0.3, -0.25) is 5.32 Å². The predicted molar refractivity (Wildman–Crippen MR) is 163 cm³/mol. The van der Waals surface area contributed by atoms with Crippen molar-refractivity contribution < 1.29 is 41.0 Å². The molecule has 1 saturated heterocycles. The Morgan fingerprint density at radius 2 is 1.57 bits per heavy atom. The minimum atomic E-state index is -5.05. The molecule has 46 heavy (non-hydrogen) atoms. The topological polar surface area (TPSA) is 110 Å². The van der Waals surface area contributed by atoms with Crippen LogP contribution in [-0.4, -0.2) is 69.4 Å². The minimum absolute atomic E-state index is 0.0616. The highest BCUT2D eigenvalue weighted by Gasteiger charge is 2.38. The number of carbonyl (C=O) groups excluding carboxylic acids is 2. The van der Waals surface area contributed by atoms with Crippen molar-refractivity contribution in [2.24, 2.45) is 0 Å². The van der Waals surface area contributed by atoms with Crippen molar-refractivity contribution in [1.82, 2.24) is 19.9 Å². The summed E-state index contributed by atoms with van der Waals surface area (Å²) in [6, 6.07) is 2.68. The van der Waals surface area contributed by atoms with Crippen LogP contribution in [0.15, 0.2) is 24.5 Å². The molecular weight excluding hydrogens is 635 g/mol. The summed E-state index contributed by atoms with van der Waals surface area (Å²) in [7, 11) is 0. The predicted octanol–water partition coefficient (Wildman–Crippen LogP) is 7.61. The van der Waals surface area contributed by atoms with Crippen molar-refractivity contribution in [2.75, 3.05) is 36.4 Å². The maximum Gasteiger partial charge on any atom is 0.417 e. The molecule has 1 fully saturated rings. The van der Waals surface area contributed by atoms with Crippen LogP contribution in [0.5, 0.6) is 0 Å². The van der Waals surface area contributed by atoms with Crippen LogP contribution in [0.3, 0.4) is 0 Å². The first-order chi connectivity index (χ1) is 21.3. The second-order valence-corrected chi connectivity index (χ2v) is 13.6. The van der Waals surface area contributed by atoms with Crippen LogP contribution in [0.25, 0.3) is 32.2 Å². The van der Waals surface area contributed by atoms with Crippen molar-refractivity contribution in [3.63, 3.8) is 0 Å². The zero-order valence-corrected chi connectivity index (χ0v) is 26.6. The third kappa shape index (κ3) is 6.90. The molecule has 1 aliphatic rings. The molecule has 0 aliphatic carbocycles. The largest absolute Gasteiger partial charge is 0.444 e. The van der Waals surface area contributed by atoms with Crippen LogP contribution < -0.4 is 10.2 Å². The van der Waals surface area contributed by atoms with Crippen molar-refractivity contribution in [3.05, 3.63) is 41.7 Å². The Balaban J connectivity index is 1.57. The Morgan fingerprint density at radius 3 is 2.17 bits per heavy atom. The number of piperazine rings is 1. The molecule has 0 radical (unpaired) electrons. The average Bonchev–Trinajstić information content (AvgIpc) is 3.35. The van der Waals surface area contributed by atoms with Gasteiger partial charge in [0.2, 0.25) is 0 Å². The van der Waals surface area contributed by atoms with Gasteiger partial charge in [-0.2, -0.15) is 13.2 Å². The maximum absolute atomic E-state index is 16.4. The van der Waals surface area contributed by atoms with E-state index < -0.39 is 52.3 Å². The monoisotopic (exact) mass is 666 g/mol. The maximum atomic E-state index is 16.4. The number of carbonyl (C=O) groups is 2. The Hall–Kier alpha value is -4.34. The van der Waals surface area contributed by atoms with E-state index in [4.69, 9.17) is 9.47 Å². The van der Waals surface area contributed by atoms with E-state index in [0.29, 0.717) is 11.3 Å². The number of benzene rings is 2. The summed E-state index contributed by atoms with van der Waals surface area (Å²) in [5, 5.41) is 2.01. The second kappa shape index (κ2) is 11.8. The smallest absolute Gasteiger partial charge is 0.417 e. The Morgan fingerprint density at radius 1 is 0.913 bits per heavy atom. The van der Waals surface area contributed by atoms with Gasteiger partial charge >= 0.3 is 18.4 Å². The van der Waals surface area contributed by atoms with Gasteiger partial charge in [-0.15, -0.1) is 0 Å². The quantitative estimate of drug-likeness (QED) is 0.223. The van der Waals surface area contributed by atoms with E-state index >= 15 is 4.39 Å². The van der Waals surface area contributed by atoms with E-state index in [1.807, 2.05) is 0 Å². The van der Waals surface area contributed by atoms with Gasteiger partial charge in [0.05, 0.1) is 15.8 Å². The number of alkyl halides is 3. The minimum Gasteiger partial charge on any atom is -0.444 e. The van der Waals surface area contributed by atoms with E-state index in [2.05, 4.69) is 20.3 Å². The van der Waals surface area contributed by atoms with E-state index in [0.717, 1.165) is 24.5 Å². The Bertz CT molecular complexity index is 1830. The number of halogens is 5. The molecule has 4 aromatic rings. The van der Waals surface area contributed by atoms with E-state index in [1.165, 1.54) is 4.90 Å². The molecule has 0 spiro atoms. The zero-order valence-electron chi connectivity index (χ0n) is 25.8. The molecule has 2 aromatic heterocycles. The van der Waals surface area contributed by atoms with Crippen LogP contribution in [0.1, 0.15) is 47.1 Å². The van der Waals surface area contributed by atoms with Crippen LogP contribution >= 0.6 is 11.3 Å². The van der Waals surface area contributed by atoms with Gasteiger partial charge < -0.3 is 19.3 Å². The summed E-state index contributed by atoms with van der Waals surface area (Å²) < 4.78 is 85.6. The number of hydrogen-bond donors (Lipinski definition) is 1. The van der Waals surface area contributed by atoms with Crippen molar-refractivity contribution in [2.45, 2.75) is 58.9 Å². The highest BCUT2D eigenvalue weighted by molar-refractivity contribution is 7.22. The van der Waals surface area contributed by atoms with Crippen molar-refractivity contribution in [3.8, 4) is 11.1 Å². The molecule has 10 nitrogen and oxygen atoms in total. The lowest BCUT2D eigenvalue weighted by atomic mass is 9.95. The van der Waals surface area contributed by atoms with Gasteiger partial charge in [0.15, 0.2) is 10.9 Å². The normalized spacial score (nSPS) is 14.6. The number of nitrogens with one attached hydrogen (secondary N) is 1. The molecule has 0 bridgehead atoms. The average molecular weight is 667 g/mol. The van der Waals surface area contributed by atoms with Crippen LogP contribution in [0.2, 0.25) is 0 Å². The summed E-state index contributed by atoms with van der Waals surface area (Å²) in [5.41, 5.74) is -4.80. The van der Waals surface area contributed by atoms with Gasteiger partial charge in [0.25, 0.3) is 0 Å². The lowest BCUT2D eigenvalue weighted by Crippen LogP contribution is -2.50. The number of aromatic nitrogens is 3. The number of thiazole rings is 1. The summed E-state index contributed by atoms with van der Waals surface area (Å²) in [5.74, 6) is -2.06.